The summed E-state index contributed by atoms with van der Waals surface area (Å²) in [5.74, 6) is 0.680. The molecule has 1 aliphatic rings. The van der Waals surface area contributed by atoms with E-state index in [1.807, 2.05) is 6.92 Å². The molecule has 0 radical (unpaired) electrons. The fourth-order valence-corrected chi connectivity index (χ4v) is 2.44. The third kappa shape index (κ3) is 3.50. The van der Waals surface area contributed by atoms with Crippen molar-refractivity contribution in [3.63, 3.8) is 0 Å². The van der Waals surface area contributed by atoms with Crippen LogP contribution in [-0.4, -0.2) is 25.3 Å². The lowest BCUT2D eigenvalue weighted by Gasteiger charge is -2.27. The van der Waals surface area contributed by atoms with Gasteiger partial charge in [0.1, 0.15) is 0 Å². The van der Waals surface area contributed by atoms with Crippen LogP contribution in [0.2, 0.25) is 0 Å². The van der Waals surface area contributed by atoms with Gasteiger partial charge in [0.05, 0.1) is 6.04 Å². The first kappa shape index (κ1) is 13.4. The van der Waals surface area contributed by atoms with Gasteiger partial charge in [0, 0.05) is 11.3 Å². The number of carbonyl (C=O) groups excluding carboxylic acids is 1. The molecule has 1 unspecified atom stereocenters. The fraction of sp³-hybridized carbons (Fsp3) is 0.500. The van der Waals surface area contributed by atoms with E-state index >= 15 is 0 Å². The largest absolute Gasteiger partial charge is 0.350 e. The van der Waals surface area contributed by atoms with Crippen molar-refractivity contribution in [3.8, 4) is 0 Å². The highest BCUT2D eigenvalue weighted by molar-refractivity contribution is 7.98. The number of nitrogens with one attached hydrogen (secondary N) is 2. The summed E-state index contributed by atoms with van der Waals surface area (Å²) in [6.45, 7) is 3.99. The third-order valence-corrected chi connectivity index (χ3v) is 4.08. The van der Waals surface area contributed by atoms with E-state index in [0.29, 0.717) is 12.3 Å². The van der Waals surface area contributed by atoms with Crippen molar-refractivity contribution < 1.29 is 4.79 Å². The summed E-state index contributed by atoms with van der Waals surface area (Å²) >= 11 is 1.73. The highest BCUT2D eigenvalue weighted by atomic mass is 32.2. The van der Waals surface area contributed by atoms with E-state index in [1.54, 1.807) is 11.8 Å². The summed E-state index contributed by atoms with van der Waals surface area (Å²) in [6.07, 6.45) is 2.70. The Balaban J connectivity index is 1.85. The Labute approximate surface area is 113 Å². The lowest BCUT2D eigenvalue weighted by molar-refractivity contribution is -0.123. The highest BCUT2D eigenvalue weighted by Crippen LogP contribution is 2.19. The zero-order valence-corrected chi connectivity index (χ0v) is 11.7. The zero-order valence-electron chi connectivity index (χ0n) is 10.9. The molecule has 18 heavy (non-hydrogen) atoms. The molecule has 2 rings (SSSR count). The van der Waals surface area contributed by atoms with Crippen LogP contribution in [0.4, 0.5) is 0 Å². The van der Waals surface area contributed by atoms with Gasteiger partial charge in [-0.1, -0.05) is 12.1 Å². The van der Waals surface area contributed by atoms with Gasteiger partial charge in [-0.3, -0.25) is 4.79 Å². The first-order valence-corrected chi connectivity index (χ1v) is 7.55. The number of thioether (sulfide) groups is 1. The predicted octanol–water partition coefficient (Wildman–Crippen LogP) is 2.20. The Morgan fingerprint density at radius 2 is 2.11 bits per heavy atom. The van der Waals surface area contributed by atoms with Crippen molar-refractivity contribution in [3.05, 3.63) is 29.8 Å². The lowest BCUT2D eigenvalue weighted by Crippen LogP contribution is -2.44. The van der Waals surface area contributed by atoms with Gasteiger partial charge in [0.15, 0.2) is 0 Å². The third-order valence-electron chi connectivity index (χ3n) is 3.33. The van der Waals surface area contributed by atoms with Gasteiger partial charge in [-0.15, -0.1) is 11.8 Å². The monoisotopic (exact) mass is 264 g/mol. The molecular weight excluding hydrogens is 244 g/mol. The maximum Gasteiger partial charge on any atom is 0.220 e. The first-order chi connectivity index (χ1) is 8.69. The van der Waals surface area contributed by atoms with Gasteiger partial charge in [-0.2, -0.15) is 0 Å². The molecule has 1 heterocycles. The number of carbonyl (C=O) groups is 1. The minimum atomic E-state index is 0.0847. The minimum absolute atomic E-state index is 0.0847. The van der Waals surface area contributed by atoms with Crippen molar-refractivity contribution in [2.45, 2.75) is 24.3 Å². The standard InChI is InChI=1S/C14H20N2OS/c1-10(12-3-5-13(18-2)6-4-12)16-14(17)7-11-8-15-9-11/h3-6,10-11,15H,7-9H2,1-2H3,(H,16,17). The second-order valence-corrected chi connectivity index (χ2v) is 5.67. The summed E-state index contributed by atoms with van der Waals surface area (Å²) in [4.78, 5) is 13.1. The van der Waals surface area contributed by atoms with E-state index in [-0.39, 0.29) is 11.9 Å². The molecule has 0 saturated carbocycles. The number of amides is 1. The minimum Gasteiger partial charge on any atom is -0.350 e. The average molecular weight is 264 g/mol. The van der Waals surface area contributed by atoms with E-state index in [2.05, 4.69) is 41.2 Å². The number of benzene rings is 1. The van der Waals surface area contributed by atoms with Gasteiger partial charge in [0.2, 0.25) is 5.91 Å². The molecule has 1 amide bonds. The molecule has 1 fully saturated rings. The van der Waals surface area contributed by atoms with Crippen molar-refractivity contribution in [2.24, 2.45) is 5.92 Å². The maximum absolute atomic E-state index is 11.8. The van der Waals surface area contributed by atoms with E-state index in [1.165, 1.54) is 4.90 Å². The maximum atomic E-state index is 11.8. The number of rotatable bonds is 5. The van der Waals surface area contributed by atoms with Gasteiger partial charge in [0.25, 0.3) is 0 Å². The zero-order chi connectivity index (χ0) is 13.0. The Hall–Kier alpha value is -1.00. The molecule has 2 N–H and O–H groups in total. The summed E-state index contributed by atoms with van der Waals surface area (Å²) in [6, 6.07) is 8.45. The Morgan fingerprint density at radius 1 is 1.44 bits per heavy atom. The van der Waals surface area contributed by atoms with Gasteiger partial charge < -0.3 is 10.6 Å². The van der Waals surface area contributed by atoms with Crippen LogP contribution in [0.15, 0.2) is 29.2 Å². The normalized spacial score (nSPS) is 17.0. The molecule has 1 saturated heterocycles. The van der Waals surface area contributed by atoms with Crippen molar-refractivity contribution >= 4 is 17.7 Å². The number of hydrogen-bond acceptors (Lipinski definition) is 3. The van der Waals surface area contributed by atoms with Crippen LogP contribution in [0.5, 0.6) is 0 Å². The van der Waals surface area contributed by atoms with Crippen LogP contribution < -0.4 is 10.6 Å². The molecule has 4 heteroatoms. The molecule has 0 aromatic heterocycles. The molecule has 1 aliphatic heterocycles. The summed E-state index contributed by atoms with van der Waals surface area (Å²) in [5.41, 5.74) is 1.16. The molecule has 1 atom stereocenters. The van der Waals surface area contributed by atoms with Gasteiger partial charge >= 0.3 is 0 Å². The Bertz CT molecular complexity index is 401. The van der Waals surface area contributed by atoms with E-state index in [9.17, 15) is 4.79 Å². The van der Waals surface area contributed by atoms with Crippen LogP contribution in [0, 0.1) is 5.92 Å². The molecule has 1 aromatic carbocycles. The Kier molecular flexibility index (Phi) is 4.66. The predicted molar refractivity (Wildman–Crippen MR) is 75.8 cm³/mol. The number of hydrogen-bond donors (Lipinski definition) is 2. The lowest BCUT2D eigenvalue weighted by atomic mass is 9.98. The smallest absolute Gasteiger partial charge is 0.220 e. The van der Waals surface area contributed by atoms with Crippen LogP contribution in [-0.2, 0) is 4.79 Å². The Morgan fingerprint density at radius 3 is 2.61 bits per heavy atom. The van der Waals surface area contributed by atoms with Gasteiger partial charge in [-0.25, -0.2) is 0 Å². The molecule has 0 bridgehead atoms. The van der Waals surface area contributed by atoms with Crippen LogP contribution in [0.3, 0.4) is 0 Å². The molecule has 1 aromatic rings. The van der Waals surface area contributed by atoms with Crippen LogP contribution >= 0.6 is 11.8 Å². The van der Waals surface area contributed by atoms with Crippen LogP contribution in [0.1, 0.15) is 24.9 Å². The summed E-state index contributed by atoms with van der Waals surface area (Å²) in [5, 5.41) is 6.24. The molecule has 98 valence electrons. The van der Waals surface area contributed by atoms with E-state index in [4.69, 9.17) is 0 Å². The second-order valence-electron chi connectivity index (χ2n) is 4.79. The molecule has 0 spiro atoms. The summed E-state index contributed by atoms with van der Waals surface area (Å²) in [7, 11) is 0. The van der Waals surface area contributed by atoms with E-state index in [0.717, 1.165) is 18.7 Å². The SMILES string of the molecule is CSc1ccc(C(C)NC(=O)CC2CNC2)cc1. The quantitative estimate of drug-likeness (QED) is 0.801. The first-order valence-electron chi connectivity index (χ1n) is 6.33. The average Bonchev–Trinajstić information content (AvgIpc) is 2.34. The van der Waals surface area contributed by atoms with Gasteiger partial charge in [-0.05, 0) is 49.9 Å². The highest BCUT2D eigenvalue weighted by Gasteiger charge is 2.20. The molecule has 3 nitrogen and oxygen atoms in total. The molecule has 0 aliphatic carbocycles. The van der Waals surface area contributed by atoms with Crippen molar-refractivity contribution in [2.75, 3.05) is 19.3 Å². The summed E-state index contributed by atoms with van der Waals surface area (Å²) < 4.78 is 0. The van der Waals surface area contributed by atoms with Crippen LogP contribution in [0.25, 0.3) is 0 Å². The molecular formula is C14H20N2OS. The van der Waals surface area contributed by atoms with E-state index < -0.39 is 0 Å². The topological polar surface area (TPSA) is 41.1 Å². The van der Waals surface area contributed by atoms with Crippen molar-refractivity contribution in [1.82, 2.24) is 10.6 Å². The van der Waals surface area contributed by atoms with Crippen molar-refractivity contribution in [1.29, 1.82) is 0 Å². The fourth-order valence-electron chi connectivity index (χ4n) is 2.03. The second kappa shape index (κ2) is 6.25.